The van der Waals surface area contributed by atoms with Crippen molar-refractivity contribution in [3.05, 3.63) is 47.2 Å². The van der Waals surface area contributed by atoms with Crippen LogP contribution in [-0.2, 0) is 6.61 Å². The fourth-order valence-corrected chi connectivity index (χ4v) is 2.51. The first-order valence-electron chi connectivity index (χ1n) is 6.39. The molecule has 3 rings (SSSR count). The smallest absolute Gasteiger partial charge is 0.212 e. The Kier molecular flexibility index (Phi) is 4.10. The van der Waals surface area contributed by atoms with Crippen molar-refractivity contribution in [3.63, 3.8) is 0 Å². The molecule has 3 aromatic rings. The molecule has 8 heteroatoms. The van der Waals surface area contributed by atoms with Crippen molar-refractivity contribution >= 4 is 17.6 Å². The zero-order chi connectivity index (χ0) is 15.4. The Bertz CT molecular complexity index is 770. The standard InChI is InChI=1S/C14H12N4O3S/c1-20-12-4-2-3-5-13(12)21-9-11-10(8-19)16-17-18(11)14-15-6-7-22-14/h2-8H,9H2,1H3. The fourth-order valence-electron chi connectivity index (χ4n) is 1.90. The molecule has 0 bridgehead atoms. The number of ether oxygens (including phenoxy) is 2. The molecule has 0 spiro atoms. The summed E-state index contributed by atoms with van der Waals surface area (Å²) in [5.74, 6) is 1.19. The summed E-state index contributed by atoms with van der Waals surface area (Å²) >= 11 is 1.40. The number of hydrogen-bond donors (Lipinski definition) is 0. The molecule has 0 saturated heterocycles. The van der Waals surface area contributed by atoms with Crippen LogP contribution in [0.15, 0.2) is 35.8 Å². The van der Waals surface area contributed by atoms with Gasteiger partial charge in [-0.2, -0.15) is 4.68 Å². The van der Waals surface area contributed by atoms with Gasteiger partial charge in [0.25, 0.3) is 0 Å². The number of nitrogens with zero attached hydrogens (tertiary/aromatic N) is 4. The van der Waals surface area contributed by atoms with E-state index in [1.165, 1.54) is 16.0 Å². The molecule has 2 aromatic heterocycles. The van der Waals surface area contributed by atoms with Gasteiger partial charge in [0.2, 0.25) is 5.13 Å². The van der Waals surface area contributed by atoms with E-state index in [0.29, 0.717) is 28.6 Å². The zero-order valence-corrected chi connectivity index (χ0v) is 12.5. The van der Waals surface area contributed by atoms with Gasteiger partial charge >= 0.3 is 0 Å². The molecule has 0 radical (unpaired) electrons. The van der Waals surface area contributed by atoms with Crippen molar-refractivity contribution in [1.82, 2.24) is 20.0 Å². The molecule has 0 fully saturated rings. The lowest BCUT2D eigenvalue weighted by molar-refractivity contribution is 0.111. The van der Waals surface area contributed by atoms with Crippen molar-refractivity contribution in [2.24, 2.45) is 0 Å². The van der Waals surface area contributed by atoms with E-state index in [1.54, 1.807) is 25.4 Å². The summed E-state index contributed by atoms with van der Waals surface area (Å²) < 4.78 is 12.5. The van der Waals surface area contributed by atoms with E-state index >= 15 is 0 Å². The van der Waals surface area contributed by atoms with Crippen LogP contribution in [0.5, 0.6) is 11.5 Å². The summed E-state index contributed by atoms with van der Waals surface area (Å²) in [6, 6.07) is 7.28. The molecule has 0 amide bonds. The number of thiazole rings is 1. The summed E-state index contributed by atoms with van der Waals surface area (Å²) in [6.07, 6.45) is 2.31. The van der Waals surface area contributed by atoms with Crippen LogP contribution in [0.2, 0.25) is 0 Å². The average Bonchev–Trinajstić information content (AvgIpc) is 3.21. The van der Waals surface area contributed by atoms with Gasteiger partial charge in [0.05, 0.1) is 7.11 Å². The lowest BCUT2D eigenvalue weighted by Gasteiger charge is -2.10. The van der Waals surface area contributed by atoms with Crippen LogP contribution in [0.1, 0.15) is 16.2 Å². The molecule has 0 saturated carbocycles. The molecule has 0 unspecified atom stereocenters. The second-order valence-corrected chi connectivity index (χ2v) is 5.08. The minimum atomic E-state index is 0.126. The monoisotopic (exact) mass is 316 g/mol. The van der Waals surface area contributed by atoms with Gasteiger partial charge in [-0.25, -0.2) is 4.98 Å². The normalized spacial score (nSPS) is 10.4. The van der Waals surface area contributed by atoms with E-state index in [-0.39, 0.29) is 12.3 Å². The van der Waals surface area contributed by atoms with Crippen LogP contribution < -0.4 is 9.47 Å². The molecule has 0 aliphatic carbocycles. The predicted octanol–water partition coefficient (Wildman–Crippen LogP) is 2.12. The van der Waals surface area contributed by atoms with Crippen LogP contribution >= 0.6 is 11.3 Å². The SMILES string of the molecule is COc1ccccc1OCc1c(C=O)nnn1-c1nccs1. The summed E-state index contributed by atoms with van der Waals surface area (Å²) in [6.45, 7) is 0.126. The number of carbonyl (C=O) groups is 1. The number of para-hydroxylation sites is 2. The highest BCUT2D eigenvalue weighted by Gasteiger charge is 2.16. The van der Waals surface area contributed by atoms with Gasteiger partial charge in [-0.1, -0.05) is 17.3 Å². The van der Waals surface area contributed by atoms with Gasteiger partial charge in [0.15, 0.2) is 23.5 Å². The number of carbonyl (C=O) groups excluding carboxylic acids is 1. The maximum atomic E-state index is 11.1. The highest BCUT2D eigenvalue weighted by atomic mass is 32.1. The Morgan fingerprint density at radius 2 is 2.14 bits per heavy atom. The maximum Gasteiger partial charge on any atom is 0.212 e. The van der Waals surface area contributed by atoms with Crippen LogP contribution in [0.25, 0.3) is 5.13 Å². The highest BCUT2D eigenvalue weighted by Crippen LogP contribution is 2.27. The molecule has 0 N–H and O–H groups in total. The average molecular weight is 316 g/mol. The van der Waals surface area contributed by atoms with E-state index in [9.17, 15) is 4.79 Å². The van der Waals surface area contributed by atoms with Crippen molar-refractivity contribution < 1.29 is 14.3 Å². The first kappa shape index (κ1) is 14.2. The summed E-state index contributed by atoms with van der Waals surface area (Å²) in [7, 11) is 1.57. The van der Waals surface area contributed by atoms with E-state index in [1.807, 2.05) is 17.5 Å². The minimum absolute atomic E-state index is 0.126. The highest BCUT2D eigenvalue weighted by molar-refractivity contribution is 7.12. The van der Waals surface area contributed by atoms with Crippen molar-refractivity contribution in [2.75, 3.05) is 7.11 Å². The summed E-state index contributed by atoms with van der Waals surface area (Å²) in [4.78, 5) is 15.3. The largest absolute Gasteiger partial charge is 0.493 e. The molecular weight excluding hydrogens is 304 g/mol. The Morgan fingerprint density at radius 1 is 1.32 bits per heavy atom. The van der Waals surface area contributed by atoms with Crippen LogP contribution in [-0.4, -0.2) is 33.4 Å². The predicted molar refractivity (Wildman–Crippen MR) is 79.7 cm³/mol. The number of hydrogen-bond acceptors (Lipinski definition) is 7. The summed E-state index contributed by atoms with van der Waals surface area (Å²) in [5, 5.41) is 10.2. The first-order chi connectivity index (χ1) is 10.8. The maximum absolute atomic E-state index is 11.1. The van der Waals surface area contributed by atoms with Gasteiger partial charge < -0.3 is 9.47 Å². The van der Waals surface area contributed by atoms with E-state index < -0.39 is 0 Å². The Hall–Kier alpha value is -2.74. The van der Waals surface area contributed by atoms with Gasteiger partial charge in [-0.3, -0.25) is 4.79 Å². The lowest BCUT2D eigenvalue weighted by Crippen LogP contribution is -2.07. The number of benzene rings is 1. The topological polar surface area (TPSA) is 79.1 Å². The second kappa shape index (κ2) is 6.35. The van der Waals surface area contributed by atoms with Crippen LogP contribution in [0, 0.1) is 0 Å². The third-order valence-electron chi connectivity index (χ3n) is 2.94. The molecule has 22 heavy (non-hydrogen) atoms. The molecule has 0 aliphatic rings. The Labute approximate surface area is 130 Å². The van der Waals surface area contributed by atoms with Crippen molar-refractivity contribution in [1.29, 1.82) is 0 Å². The van der Waals surface area contributed by atoms with E-state index in [2.05, 4.69) is 15.3 Å². The molecule has 2 heterocycles. The number of aldehydes is 1. The third-order valence-corrected chi connectivity index (χ3v) is 3.69. The fraction of sp³-hybridized carbons (Fsp3) is 0.143. The Balaban J connectivity index is 1.89. The molecule has 0 atom stereocenters. The van der Waals surface area contributed by atoms with Gasteiger partial charge in [0, 0.05) is 11.6 Å². The molecule has 7 nitrogen and oxygen atoms in total. The lowest BCUT2D eigenvalue weighted by atomic mass is 10.3. The number of methoxy groups -OCH3 is 1. The minimum Gasteiger partial charge on any atom is -0.493 e. The molecular formula is C14H12N4O3S. The quantitative estimate of drug-likeness (QED) is 0.648. The zero-order valence-electron chi connectivity index (χ0n) is 11.7. The van der Waals surface area contributed by atoms with Gasteiger partial charge in [-0.05, 0) is 12.1 Å². The van der Waals surface area contributed by atoms with Gasteiger partial charge in [0.1, 0.15) is 12.3 Å². The van der Waals surface area contributed by atoms with E-state index in [0.717, 1.165) is 0 Å². The summed E-state index contributed by atoms with van der Waals surface area (Å²) in [5.41, 5.74) is 0.765. The molecule has 0 aliphatic heterocycles. The third kappa shape index (κ3) is 2.68. The molecule has 1 aromatic carbocycles. The van der Waals surface area contributed by atoms with Crippen LogP contribution in [0.4, 0.5) is 0 Å². The number of rotatable bonds is 6. The molecule has 112 valence electrons. The number of aromatic nitrogens is 4. The van der Waals surface area contributed by atoms with Gasteiger partial charge in [-0.15, -0.1) is 16.4 Å². The van der Waals surface area contributed by atoms with Crippen LogP contribution in [0.3, 0.4) is 0 Å². The van der Waals surface area contributed by atoms with Crippen molar-refractivity contribution in [2.45, 2.75) is 6.61 Å². The second-order valence-electron chi connectivity index (χ2n) is 4.21. The Morgan fingerprint density at radius 3 is 2.82 bits per heavy atom. The van der Waals surface area contributed by atoms with Crippen molar-refractivity contribution in [3.8, 4) is 16.6 Å². The first-order valence-corrected chi connectivity index (χ1v) is 7.27. The van der Waals surface area contributed by atoms with E-state index in [4.69, 9.17) is 9.47 Å².